The Hall–Kier alpha value is 0.1000. The zero-order chi connectivity index (χ0) is 13.1. The van der Waals surface area contributed by atoms with Gasteiger partial charge in [-0.25, -0.2) is 0 Å². The van der Waals surface area contributed by atoms with E-state index in [4.69, 9.17) is 0 Å². The fraction of sp³-hybridized carbons (Fsp3) is 0. The van der Waals surface area contributed by atoms with Crippen LogP contribution in [0.2, 0.25) is 0 Å². The quantitative estimate of drug-likeness (QED) is 0.401. The van der Waals surface area contributed by atoms with Gasteiger partial charge < -0.3 is 0 Å². The predicted octanol–water partition coefficient (Wildman–Crippen LogP) is 6.83. The molecule has 18 heavy (non-hydrogen) atoms. The van der Waals surface area contributed by atoms with E-state index in [1.807, 2.05) is 24.3 Å². The van der Waals surface area contributed by atoms with E-state index >= 15 is 0 Å². The molecule has 2 aromatic carbocycles. The summed E-state index contributed by atoms with van der Waals surface area (Å²) in [4.78, 5) is 0. The Balaban J connectivity index is 2.47. The molecule has 0 saturated heterocycles. The van der Waals surface area contributed by atoms with Crippen LogP contribution in [-0.4, -0.2) is 0 Å². The van der Waals surface area contributed by atoms with Gasteiger partial charge in [0.1, 0.15) is 0 Å². The van der Waals surface area contributed by atoms with Crippen LogP contribution in [0, 0.1) is 0 Å². The molecule has 2 rings (SSSR count). The van der Waals surface area contributed by atoms with Crippen molar-refractivity contribution in [1.82, 2.24) is 0 Å². The van der Waals surface area contributed by atoms with Crippen LogP contribution in [0.5, 0.6) is 0 Å². The first-order chi connectivity index (χ1) is 8.58. The largest absolute Gasteiger partial charge is 0.0605 e. The van der Waals surface area contributed by atoms with Crippen molar-refractivity contribution in [2.24, 2.45) is 0 Å². The van der Waals surface area contributed by atoms with Crippen LogP contribution in [0.4, 0.5) is 0 Å². The lowest BCUT2D eigenvalue weighted by molar-refractivity contribution is 1.59. The summed E-state index contributed by atoms with van der Waals surface area (Å²) in [6, 6.07) is 16.3. The summed E-state index contributed by atoms with van der Waals surface area (Å²) in [6.45, 7) is 0. The molecule has 0 aliphatic heterocycles. The second-order valence-electron chi connectivity index (χ2n) is 3.65. The van der Waals surface area contributed by atoms with E-state index in [1.54, 1.807) is 0 Å². The third-order valence-corrected chi connectivity index (χ3v) is 5.58. The Morgan fingerprint density at radius 3 is 1.39 bits per heavy atom. The second kappa shape index (κ2) is 6.51. The van der Waals surface area contributed by atoms with Crippen LogP contribution in [-0.2, 0) is 0 Å². The maximum Gasteiger partial charge on any atom is 0.0396 e. The highest BCUT2D eigenvalue weighted by molar-refractivity contribution is 9.18. The zero-order valence-corrected chi connectivity index (χ0v) is 15.5. The van der Waals surface area contributed by atoms with Crippen LogP contribution < -0.4 is 0 Å². The van der Waals surface area contributed by atoms with Crippen LogP contribution in [0.15, 0.2) is 57.5 Å². The molecule has 0 aromatic heterocycles. The molecule has 0 spiro atoms. The van der Waals surface area contributed by atoms with Gasteiger partial charge in [0.15, 0.2) is 0 Å². The van der Waals surface area contributed by atoms with E-state index < -0.39 is 0 Å². The van der Waals surface area contributed by atoms with Crippen LogP contribution in [0.1, 0.15) is 11.1 Å². The van der Waals surface area contributed by atoms with Crippen molar-refractivity contribution >= 4 is 72.7 Å². The molecular weight excluding hydrogens is 488 g/mol. The molecule has 0 aliphatic rings. The number of hydrogen-bond donors (Lipinski definition) is 0. The molecule has 0 saturated carbocycles. The highest BCUT2D eigenvalue weighted by Crippen LogP contribution is 2.36. The monoisotopic (exact) mass is 492 g/mol. The second-order valence-corrected chi connectivity index (χ2v) is 7.07. The summed E-state index contributed by atoms with van der Waals surface area (Å²) in [5, 5.41) is 0. The molecule has 0 fully saturated rings. The van der Waals surface area contributed by atoms with Gasteiger partial charge in [-0.1, -0.05) is 56.1 Å². The Kier molecular flexibility index (Phi) is 5.24. The molecule has 0 bridgehead atoms. The SMILES string of the molecule is Br/C(=C(/Br)c1cccc(Br)c1)c1cccc(Br)c1. The maximum atomic E-state index is 3.64. The van der Waals surface area contributed by atoms with Gasteiger partial charge >= 0.3 is 0 Å². The van der Waals surface area contributed by atoms with Crippen LogP contribution in [0.3, 0.4) is 0 Å². The Morgan fingerprint density at radius 1 is 0.667 bits per heavy atom. The minimum absolute atomic E-state index is 1.03. The molecule has 0 nitrogen and oxygen atoms in total. The number of hydrogen-bond acceptors (Lipinski definition) is 0. The van der Waals surface area contributed by atoms with E-state index in [9.17, 15) is 0 Å². The third kappa shape index (κ3) is 3.56. The van der Waals surface area contributed by atoms with E-state index in [1.165, 1.54) is 0 Å². The molecule has 2 aromatic rings. The van der Waals surface area contributed by atoms with E-state index in [0.29, 0.717) is 0 Å². The molecule has 0 unspecified atom stereocenters. The first kappa shape index (κ1) is 14.5. The number of rotatable bonds is 2. The maximum absolute atomic E-state index is 3.64. The van der Waals surface area contributed by atoms with Crippen molar-refractivity contribution in [3.8, 4) is 0 Å². The standard InChI is InChI=1S/C14H8Br4/c15-11-5-1-3-9(7-11)13(17)14(18)10-4-2-6-12(16)8-10/h1-8H/b14-13+. The predicted molar refractivity (Wildman–Crippen MR) is 93.0 cm³/mol. The van der Waals surface area contributed by atoms with Crippen LogP contribution in [0.25, 0.3) is 8.96 Å². The van der Waals surface area contributed by atoms with Gasteiger partial charge in [0.25, 0.3) is 0 Å². The van der Waals surface area contributed by atoms with Gasteiger partial charge in [0, 0.05) is 17.9 Å². The summed E-state index contributed by atoms with van der Waals surface area (Å²) in [7, 11) is 0. The average molecular weight is 496 g/mol. The molecular formula is C14H8Br4. The highest BCUT2D eigenvalue weighted by atomic mass is 79.9. The van der Waals surface area contributed by atoms with Gasteiger partial charge in [-0.2, -0.15) is 0 Å². The van der Waals surface area contributed by atoms with Crippen molar-refractivity contribution < 1.29 is 0 Å². The first-order valence-corrected chi connectivity index (χ1v) is 8.32. The van der Waals surface area contributed by atoms with Crippen molar-refractivity contribution in [3.05, 3.63) is 68.6 Å². The van der Waals surface area contributed by atoms with Gasteiger partial charge in [-0.15, -0.1) is 0 Å². The highest BCUT2D eigenvalue weighted by Gasteiger charge is 2.07. The summed E-state index contributed by atoms with van der Waals surface area (Å²) < 4.78 is 4.18. The first-order valence-electron chi connectivity index (χ1n) is 5.15. The lowest BCUT2D eigenvalue weighted by Gasteiger charge is -2.06. The fourth-order valence-corrected chi connectivity index (χ4v) is 3.25. The lowest BCUT2D eigenvalue weighted by Crippen LogP contribution is -1.82. The number of benzene rings is 2. The average Bonchev–Trinajstić information content (AvgIpc) is 2.37. The van der Waals surface area contributed by atoms with Crippen molar-refractivity contribution in [2.45, 2.75) is 0 Å². The van der Waals surface area contributed by atoms with Gasteiger partial charge in [-0.3, -0.25) is 0 Å². The molecule has 0 radical (unpaired) electrons. The summed E-state index contributed by atoms with van der Waals surface area (Å²) in [6.07, 6.45) is 0. The lowest BCUT2D eigenvalue weighted by atomic mass is 10.1. The molecule has 0 N–H and O–H groups in total. The summed E-state index contributed by atoms with van der Waals surface area (Å²) in [5.74, 6) is 0. The Labute approximate surface area is 140 Å². The van der Waals surface area contributed by atoms with Crippen LogP contribution >= 0.6 is 63.7 Å². The summed E-state index contributed by atoms with van der Waals surface area (Å²) in [5.41, 5.74) is 2.24. The topological polar surface area (TPSA) is 0 Å². The van der Waals surface area contributed by atoms with E-state index in [2.05, 4.69) is 88.0 Å². The molecule has 0 heterocycles. The molecule has 92 valence electrons. The van der Waals surface area contributed by atoms with Gasteiger partial charge in [-0.05, 0) is 67.3 Å². The molecule has 0 aliphatic carbocycles. The Morgan fingerprint density at radius 2 is 1.06 bits per heavy atom. The third-order valence-electron chi connectivity index (χ3n) is 2.35. The number of halogens is 4. The smallest absolute Gasteiger partial charge is 0.0396 e. The fourth-order valence-electron chi connectivity index (χ4n) is 1.50. The normalized spacial score (nSPS) is 12.2. The molecule has 0 amide bonds. The summed E-state index contributed by atoms with van der Waals surface area (Å²) >= 11 is 14.2. The van der Waals surface area contributed by atoms with Gasteiger partial charge in [0.2, 0.25) is 0 Å². The Bertz CT molecular complexity index is 549. The van der Waals surface area contributed by atoms with E-state index in [0.717, 1.165) is 29.0 Å². The van der Waals surface area contributed by atoms with Crippen molar-refractivity contribution in [3.63, 3.8) is 0 Å². The zero-order valence-electron chi connectivity index (χ0n) is 9.13. The minimum atomic E-state index is 1.03. The van der Waals surface area contributed by atoms with Gasteiger partial charge in [0.05, 0.1) is 0 Å². The minimum Gasteiger partial charge on any atom is -0.0605 e. The van der Waals surface area contributed by atoms with Crippen molar-refractivity contribution in [1.29, 1.82) is 0 Å². The van der Waals surface area contributed by atoms with Crippen molar-refractivity contribution in [2.75, 3.05) is 0 Å². The molecule has 0 atom stereocenters. The molecule has 4 heteroatoms. The van der Waals surface area contributed by atoms with E-state index in [-0.39, 0.29) is 0 Å².